The second-order valence-electron chi connectivity index (χ2n) is 6.30. The van der Waals surface area contributed by atoms with Crippen LogP contribution < -0.4 is 10.9 Å². The van der Waals surface area contributed by atoms with Gasteiger partial charge in [-0.3, -0.25) is 9.59 Å². The van der Waals surface area contributed by atoms with E-state index >= 15 is 0 Å². The molecule has 140 valence electrons. The topological polar surface area (TPSA) is 71.3 Å². The number of aliphatic hydroxyl groups excluding tert-OH is 1. The first-order chi connectivity index (χ1) is 12.9. The molecule has 3 aromatic rings. The fourth-order valence-corrected chi connectivity index (χ4v) is 2.98. The molecule has 3 rings (SSSR count). The molecule has 2 N–H and O–H groups in total. The van der Waals surface area contributed by atoms with Crippen LogP contribution in [0.1, 0.15) is 18.5 Å². The van der Waals surface area contributed by atoms with Crippen molar-refractivity contribution in [1.82, 2.24) is 4.57 Å². The normalized spacial score (nSPS) is 12.1. The number of carbonyl (C=O) groups excluding carboxylic acids is 1. The Kier molecular flexibility index (Phi) is 5.58. The second-order valence-corrected chi connectivity index (χ2v) is 6.71. The van der Waals surface area contributed by atoms with Gasteiger partial charge in [0.15, 0.2) is 0 Å². The molecule has 1 unspecified atom stereocenters. The molecule has 0 aliphatic carbocycles. The molecular weight excluding hydrogens is 371 g/mol. The van der Waals surface area contributed by atoms with E-state index in [1.165, 1.54) is 16.7 Å². The molecule has 1 aromatic heterocycles. The lowest BCUT2D eigenvalue weighted by Crippen LogP contribution is -2.25. The van der Waals surface area contributed by atoms with Crippen molar-refractivity contribution in [3.8, 4) is 0 Å². The Morgan fingerprint density at radius 3 is 2.74 bits per heavy atom. The summed E-state index contributed by atoms with van der Waals surface area (Å²) in [5.41, 5.74) is 0.742. The summed E-state index contributed by atoms with van der Waals surface area (Å²) < 4.78 is 15.0. The number of fused-ring (bicyclic) bond motifs is 1. The van der Waals surface area contributed by atoms with Crippen LogP contribution >= 0.6 is 11.6 Å². The van der Waals surface area contributed by atoms with E-state index in [1.807, 2.05) is 0 Å². The zero-order valence-corrected chi connectivity index (χ0v) is 15.3. The molecule has 0 spiro atoms. The number of nitrogens with zero attached hydrogens (tertiary/aromatic N) is 1. The molecule has 5 nitrogen and oxygen atoms in total. The number of hydrogen-bond donors (Lipinski definition) is 2. The van der Waals surface area contributed by atoms with Crippen molar-refractivity contribution < 1.29 is 14.3 Å². The molecule has 1 atom stereocenters. The van der Waals surface area contributed by atoms with Crippen LogP contribution in [-0.2, 0) is 11.2 Å². The average molecular weight is 389 g/mol. The highest BCUT2D eigenvalue weighted by Crippen LogP contribution is 2.22. The maximum absolute atomic E-state index is 13.5. The molecule has 0 radical (unpaired) electrons. The van der Waals surface area contributed by atoms with Crippen LogP contribution in [0.3, 0.4) is 0 Å². The average Bonchev–Trinajstić information content (AvgIpc) is 2.65. The molecule has 7 heteroatoms. The highest BCUT2D eigenvalue weighted by atomic mass is 35.5. The minimum absolute atomic E-state index is 0.00148. The van der Waals surface area contributed by atoms with E-state index in [9.17, 15) is 19.1 Å². The zero-order valence-electron chi connectivity index (χ0n) is 14.6. The van der Waals surface area contributed by atoms with Crippen LogP contribution in [0.5, 0.6) is 0 Å². The van der Waals surface area contributed by atoms with Crippen molar-refractivity contribution >= 4 is 34.0 Å². The van der Waals surface area contributed by atoms with E-state index in [1.54, 1.807) is 43.5 Å². The van der Waals surface area contributed by atoms with Gasteiger partial charge < -0.3 is 15.0 Å². The van der Waals surface area contributed by atoms with Gasteiger partial charge in [-0.2, -0.15) is 0 Å². The molecule has 0 saturated carbocycles. The lowest BCUT2D eigenvalue weighted by molar-refractivity contribution is -0.115. The number of amides is 1. The molecule has 0 aliphatic rings. The van der Waals surface area contributed by atoms with Gasteiger partial charge in [0.05, 0.1) is 24.1 Å². The maximum Gasteiger partial charge on any atom is 0.258 e. The van der Waals surface area contributed by atoms with E-state index in [2.05, 4.69) is 5.32 Å². The summed E-state index contributed by atoms with van der Waals surface area (Å²) in [5, 5.41) is 13.1. The van der Waals surface area contributed by atoms with Crippen LogP contribution in [-0.4, -0.2) is 22.2 Å². The first-order valence-corrected chi connectivity index (χ1v) is 8.77. The highest BCUT2D eigenvalue weighted by molar-refractivity contribution is 6.30. The zero-order chi connectivity index (χ0) is 19.6. The Morgan fingerprint density at radius 1 is 1.26 bits per heavy atom. The van der Waals surface area contributed by atoms with Gasteiger partial charge >= 0.3 is 0 Å². The Bertz CT molecular complexity index is 1060. The van der Waals surface area contributed by atoms with Crippen LogP contribution in [0, 0.1) is 5.82 Å². The van der Waals surface area contributed by atoms with Crippen molar-refractivity contribution in [2.75, 3.05) is 11.9 Å². The van der Waals surface area contributed by atoms with Crippen LogP contribution in [0.25, 0.3) is 10.8 Å². The van der Waals surface area contributed by atoms with Crippen molar-refractivity contribution in [3.63, 3.8) is 0 Å². The Balaban J connectivity index is 1.88. The molecule has 27 heavy (non-hydrogen) atoms. The predicted molar refractivity (Wildman–Crippen MR) is 104 cm³/mol. The third-order valence-corrected chi connectivity index (χ3v) is 4.64. The molecule has 1 amide bonds. The molecule has 0 fully saturated rings. The quantitative estimate of drug-likeness (QED) is 0.702. The standard InChI is InChI=1S/C20H18ClFN2O3/c1-12(11-25)24-8-7-14-15(20(24)27)3-2-4-18(14)23-19(26)10-13-5-6-16(21)17(22)9-13/h2-9,12,25H,10-11H2,1H3,(H,23,26). The fraction of sp³-hybridized carbons (Fsp3) is 0.200. The summed E-state index contributed by atoms with van der Waals surface area (Å²) in [6.07, 6.45) is 1.57. The number of hydrogen-bond acceptors (Lipinski definition) is 3. The van der Waals surface area contributed by atoms with Gasteiger partial charge in [0.2, 0.25) is 5.91 Å². The van der Waals surface area contributed by atoms with Crippen LogP contribution in [0.15, 0.2) is 53.5 Å². The first-order valence-electron chi connectivity index (χ1n) is 8.39. The summed E-state index contributed by atoms with van der Waals surface area (Å²) >= 11 is 5.65. The maximum atomic E-state index is 13.5. The van der Waals surface area contributed by atoms with Crippen molar-refractivity contribution in [3.05, 3.63) is 75.4 Å². The van der Waals surface area contributed by atoms with Crippen LogP contribution in [0.4, 0.5) is 10.1 Å². The van der Waals surface area contributed by atoms with E-state index < -0.39 is 5.82 Å². The Labute approximate surface area is 160 Å². The van der Waals surface area contributed by atoms with Crippen molar-refractivity contribution in [2.45, 2.75) is 19.4 Å². The number of aliphatic hydroxyl groups is 1. The lowest BCUT2D eigenvalue weighted by Gasteiger charge is -2.14. The number of pyridine rings is 1. The molecule has 1 heterocycles. The summed E-state index contributed by atoms with van der Waals surface area (Å²) in [5.74, 6) is -0.914. The monoisotopic (exact) mass is 388 g/mol. The number of anilines is 1. The number of carbonyl (C=O) groups is 1. The number of nitrogens with one attached hydrogen (secondary N) is 1. The van der Waals surface area contributed by atoms with Gasteiger partial charge in [-0.1, -0.05) is 23.7 Å². The van der Waals surface area contributed by atoms with Gasteiger partial charge in [-0.05, 0) is 42.8 Å². The predicted octanol–water partition coefficient (Wildman–Crippen LogP) is 3.53. The van der Waals surface area contributed by atoms with E-state index in [4.69, 9.17) is 11.6 Å². The Hall–Kier alpha value is -2.70. The largest absolute Gasteiger partial charge is 0.394 e. The Morgan fingerprint density at radius 2 is 2.04 bits per heavy atom. The van der Waals surface area contributed by atoms with Gasteiger partial charge in [0, 0.05) is 22.7 Å². The SMILES string of the molecule is CC(CO)n1ccc2c(NC(=O)Cc3ccc(Cl)c(F)c3)cccc2c1=O. The van der Waals surface area contributed by atoms with E-state index in [0.29, 0.717) is 22.0 Å². The minimum atomic E-state index is -0.578. The van der Waals surface area contributed by atoms with E-state index in [0.717, 1.165) is 0 Å². The third kappa shape index (κ3) is 4.02. The molecular formula is C20H18ClFN2O3. The van der Waals surface area contributed by atoms with E-state index in [-0.39, 0.29) is 35.6 Å². The van der Waals surface area contributed by atoms with Crippen molar-refractivity contribution in [1.29, 1.82) is 0 Å². The van der Waals surface area contributed by atoms with Gasteiger partial charge in [0.1, 0.15) is 5.82 Å². The molecule has 0 saturated heterocycles. The van der Waals surface area contributed by atoms with Crippen molar-refractivity contribution in [2.24, 2.45) is 0 Å². The van der Waals surface area contributed by atoms with Gasteiger partial charge in [-0.25, -0.2) is 4.39 Å². The highest BCUT2D eigenvalue weighted by Gasteiger charge is 2.12. The summed E-state index contributed by atoms with van der Waals surface area (Å²) in [7, 11) is 0. The lowest BCUT2D eigenvalue weighted by atomic mass is 10.1. The molecule has 2 aromatic carbocycles. The van der Waals surface area contributed by atoms with Crippen LogP contribution in [0.2, 0.25) is 5.02 Å². The number of benzene rings is 2. The fourth-order valence-electron chi connectivity index (χ4n) is 2.87. The minimum Gasteiger partial charge on any atom is -0.394 e. The summed E-state index contributed by atoms with van der Waals surface area (Å²) in [4.78, 5) is 25.0. The third-order valence-electron chi connectivity index (χ3n) is 4.33. The summed E-state index contributed by atoms with van der Waals surface area (Å²) in [6, 6.07) is 10.6. The molecule has 0 bridgehead atoms. The van der Waals surface area contributed by atoms with Gasteiger partial charge in [-0.15, -0.1) is 0 Å². The van der Waals surface area contributed by atoms with Gasteiger partial charge in [0.25, 0.3) is 5.56 Å². The number of aromatic nitrogens is 1. The summed E-state index contributed by atoms with van der Waals surface area (Å²) in [6.45, 7) is 1.59. The molecule has 0 aliphatic heterocycles. The number of rotatable bonds is 5. The smallest absolute Gasteiger partial charge is 0.258 e. The first kappa shape index (κ1) is 19.1. The number of halogens is 2. The second kappa shape index (κ2) is 7.90.